The highest BCUT2D eigenvalue weighted by molar-refractivity contribution is 5.78. The van der Waals surface area contributed by atoms with Gasteiger partial charge < -0.3 is 19.5 Å². The van der Waals surface area contributed by atoms with Crippen LogP contribution in [0.2, 0.25) is 0 Å². The molecule has 1 aromatic carbocycles. The van der Waals surface area contributed by atoms with Gasteiger partial charge in [0.05, 0.1) is 7.11 Å². The Balaban J connectivity index is 1.23. The Labute approximate surface area is 183 Å². The zero-order valence-electron chi connectivity index (χ0n) is 18.5. The van der Waals surface area contributed by atoms with E-state index < -0.39 is 0 Å². The number of piperidine rings is 2. The van der Waals surface area contributed by atoms with Crippen LogP contribution in [0.4, 0.5) is 6.01 Å². The highest BCUT2D eigenvalue weighted by atomic mass is 16.5. The van der Waals surface area contributed by atoms with Crippen molar-refractivity contribution < 1.29 is 14.1 Å². The molecule has 2 saturated heterocycles. The van der Waals surface area contributed by atoms with Crippen LogP contribution in [0.5, 0.6) is 5.75 Å². The van der Waals surface area contributed by atoms with Crippen LogP contribution in [0, 0.1) is 5.92 Å². The van der Waals surface area contributed by atoms with Gasteiger partial charge >= 0.3 is 6.01 Å². The topological polar surface area (TPSA) is 83.7 Å². The Kier molecular flexibility index (Phi) is 7.06. The van der Waals surface area contributed by atoms with Crippen molar-refractivity contribution >= 4 is 11.9 Å². The summed E-state index contributed by atoms with van der Waals surface area (Å²) in [5.41, 5.74) is 0.882. The number of aromatic nitrogens is 2. The number of nitrogens with zero attached hydrogens (tertiary/aromatic N) is 4. The van der Waals surface area contributed by atoms with E-state index in [1.807, 2.05) is 24.3 Å². The average Bonchev–Trinajstić information content (AvgIpc) is 3.31. The minimum atomic E-state index is 0.0546. The molecule has 0 unspecified atom stereocenters. The quantitative estimate of drug-likeness (QED) is 0.727. The Hall–Kier alpha value is -2.61. The van der Waals surface area contributed by atoms with Crippen LogP contribution in [-0.4, -0.2) is 66.8 Å². The summed E-state index contributed by atoms with van der Waals surface area (Å²) >= 11 is 0. The number of hydrogen-bond acceptors (Lipinski definition) is 7. The fraction of sp³-hybridized carbons (Fsp3) is 0.609. The lowest BCUT2D eigenvalue weighted by Crippen LogP contribution is -2.45. The normalized spacial score (nSPS) is 20.6. The average molecular weight is 428 g/mol. The second-order valence-electron chi connectivity index (χ2n) is 8.56. The summed E-state index contributed by atoms with van der Waals surface area (Å²) in [6.45, 7) is 6.60. The number of likely N-dealkylation sites (tertiary alicyclic amines) is 1. The summed E-state index contributed by atoms with van der Waals surface area (Å²) < 4.78 is 10.7. The number of amides is 1. The first-order chi connectivity index (χ1) is 15.1. The molecule has 1 atom stereocenters. The van der Waals surface area contributed by atoms with Gasteiger partial charge in [-0.15, -0.1) is 0 Å². The first-order valence-corrected chi connectivity index (χ1v) is 11.4. The molecule has 31 heavy (non-hydrogen) atoms. The van der Waals surface area contributed by atoms with Gasteiger partial charge in [0.2, 0.25) is 11.7 Å². The van der Waals surface area contributed by atoms with Crippen molar-refractivity contribution in [1.82, 2.24) is 20.4 Å². The molecule has 3 heterocycles. The number of rotatable bonds is 7. The maximum Gasteiger partial charge on any atom is 0.324 e. The zero-order chi connectivity index (χ0) is 21.6. The van der Waals surface area contributed by atoms with E-state index in [0.29, 0.717) is 17.9 Å². The van der Waals surface area contributed by atoms with E-state index in [1.165, 1.54) is 19.3 Å². The molecule has 0 radical (unpaired) electrons. The van der Waals surface area contributed by atoms with Crippen molar-refractivity contribution in [3.63, 3.8) is 0 Å². The molecule has 0 bridgehead atoms. The van der Waals surface area contributed by atoms with Crippen molar-refractivity contribution in [2.45, 2.75) is 45.1 Å². The number of carbonyl (C=O) groups is 1. The van der Waals surface area contributed by atoms with Crippen LogP contribution in [-0.2, 0) is 4.79 Å². The van der Waals surface area contributed by atoms with Gasteiger partial charge in [0.1, 0.15) is 5.75 Å². The van der Waals surface area contributed by atoms with Gasteiger partial charge in [-0.25, -0.2) is 0 Å². The molecule has 8 heteroatoms. The van der Waals surface area contributed by atoms with E-state index in [0.717, 1.165) is 56.9 Å². The Morgan fingerprint density at radius 3 is 2.65 bits per heavy atom. The molecule has 1 aromatic heterocycles. The smallest absolute Gasteiger partial charge is 0.324 e. The second-order valence-corrected chi connectivity index (χ2v) is 8.56. The first kappa shape index (κ1) is 21.6. The highest BCUT2D eigenvalue weighted by Gasteiger charge is 2.28. The lowest BCUT2D eigenvalue weighted by Gasteiger charge is -2.33. The molecule has 0 saturated carbocycles. The molecule has 1 amide bonds. The van der Waals surface area contributed by atoms with Gasteiger partial charge in [-0.2, -0.15) is 4.98 Å². The van der Waals surface area contributed by atoms with Crippen molar-refractivity contribution in [2.24, 2.45) is 5.92 Å². The summed E-state index contributed by atoms with van der Waals surface area (Å²) in [5, 5.41) is 7.26. The van der Waals surface area contributed by atoms with Gasteiger partial charge in [-0.05, 0) is 63.4 Å². The molecule has 8 nitrogen and oxygen atoms in total. The fourth-order valence-electron chi connectivity index (χ4n) is 4.49. The van der Waals surface area contributed by atoms with E-state index in [1.54, 1.807) is 7.11 Å². The van der Waals surface area contributed by atoms with E-state index >= 15 is 0 Å². The number of carbonyl (C=O) groups excluding carboxylic acids is 1. The molecule has 0 aliphatic carbocycles. The van der Waals surface area contributed by atoms with Crippen LogP contribution in [0.3, 0.4) is 0 Å². The maximum atomic E-state index is 12.6. The number of anilines is 1. The van der Waals surface area contributed by atoms with E-state index in [4.69, 9.17) is 9.26 Å². The number of benzene rings is 1. The Morgan fingerprint density at radius 2 is 1.94 bits per heavy atom. The molecule has 0 spiro atoms. The molecule has 2 aromatic rings. The Bertz CT molecular complexity index is 845. The van der Waals surface area contributed by atoms with Gasteiger partial charge in [-0.3, -0.25) is 9.69 Å². The van der Waals surface area contributed by atoms with Crippen molar-refractivity contribution in [2.75, 3.05) is 44.7 Å². The summed E-state index contributed by atoms with van der Waals surface area (Å²) in [6.07, 6.45) is 5.46. The number of nitrogens with one attached hydrogen (secondary N) is 1. The fourth-order valence-corrected chi connectivity index (χ4v) is 4.49. The second kappa shape index (κ2) is 10.1. The van der Waals surface area contributed by atoms with E-state index in [-0.39, 0.29) is 11.8 Å². The molecule has 1 N–H and O–H groups in total. The van der Waals surface area contributed by atoms with E-state index in [2.05, 4.69) is 32.2 Å². The minimum absolute atomic E-state index is 0.0546. The summed E-state index contributed by atoms with van der Waals surface area (Å²) in [7, 11) is 1.64. The van der Waals surface area contributed by atoms with Gasteiger partial charge in [0.15, 0.2) is 0 Å². The molecule has 2 aliphatic rings. The number of hydrogen-bond donors (Lipinski definition) is 1. The minimum Gasteiger partial charge on any atom is -0.497 e. The Morgan fingerprint density at radius 1 is 1.16 bits per heavy atom. The first-order valence-electron chi connectivity index (χ1n) is 11.4. The zero-order valence-corrected chi connectivity index (χ0v) is 18.5. The molecule has 4 rings (SSSR count). The van der Waals surface area contributed by atoms with Crippen LogP contribution < -0.4 is 15.0 Å². The molecule has 168 valence electrons. The lowest BCUT2D eigenvalue weighted by molar-refractivity contribution is -0.125. The maximum absolute atomic E-state index is 12.6. The van der Waals surface area contributed by atoms with Gasteiger partial charge in [0, 0.05) is 43.7 Å². The molecular weight excluding hydrogens is 394 g/mol. The van der Waals surface area contributed by atoms with Crippen LogP contribution >= 0.6 is 0 Å². The van der Waals surface area contributed by atoms with Crippen molar-refractivity contribution in [1.29, 1.82) is 0 Å². The third-order valence-electron chi connectivity index (χ3n) is 6.54. The van der Waals surface area contributed by atoms with Crippen molar-refractivity contribution in [3.8, 4) is 17.1 Å². The largest absolute Gasteiger partial charge is 0.497 e. The number of ether oxygens (including phenoxy) is 1. The summed E-state index contributed by atoms with van der Waals surface area (Å²) in [4.78, 5) is 21.7. The summed E-state index contributed by atoms with van der Waals surface area (Å²) in [5.74, 6) is 1.58. The standard InChI is InChI=1S/C23H33N5O3/c1-17-5-3-4-13-27(17)16-12-24-22(29)19-10-14-28(15-11-19)23-25-21(26-31-23)18-6-8-20(30-2)9-7-18/h6-9,17,19H,3-5,10-16H2,1-2H3,(H,24,29)/t17-/m1/s1. The van der Waals surface area contributed by atoms with E-state index in [9.17, 15) is 4.79 Å². The van der Waals surface area contributed by atoms with Crippen LogP contribution in [0.1, 0.15) is 39.0 Å². The highest BCUT2D eigenvalue weighted by Crippen LogP contribution is 2.26. The third kappa shape index (κ3) is 5.36. The SMILES string of the molecule is COc1ccc(-c2noc(N3CCC(C(=O)NCCN4CCCC[C@H]4C)CC3)n2)cc1. The lowest BCUT2D eigenvalue weighted by atomic mass is 9.96. The molecule has 2 aliphatic heterocycles. The van der Waals surface area contributed by atoms with Gasteiger partial charge in [0.25, 0.3) is 0 Å². The molecule has 2 fully saturated rings. The predicted octanol–water partition coefficient (Wildman–Crippen LogP) is 2.95. The number of methoxy groups -OCH3 is 1. The van der Waals surface area contributed by atoms with Crippen LogP contribution in [0.15, 0.2) is 28.8 Å². The molecular formula is C23H33N5O3. The predicted molar refractivity (Wildman–Crippen MR) is 119 cm³/mol. The third-order valence-corrected chi connectivity index (χ3v) is 6.54. The van der Waals surface area contributed by atoms with Crippen LogP contribution in [0.25, 0.3) is 11.4 Å². The monoisotopic (exact) mass is 427 g/mol. The van der Waals surface area contributed by atoms with Crippen molar-refractivity contribution in [3.05, 3.63) is 24.3 Å². The van der Waals surface area contributed by atoms with Gasteiger partial charge in [-0.1, -0.05) is 11.6 Å². The summed E-state index contributed by atoms with van der Waals surface area (Å²) in [6, 6.07) is 8.72.